The van der Waals surface area contributed by atoms with Gasteiger partial charge in [-0.3, -0.25) is 4.79 Å². The number of carbonyl (C=O) groups excluding carboxylic acids is 1. The van der Waals surface area contributed by atoms with Crippen molar-refractivity contribution in [2.45, 2.75) is 44.8 Å². The molecule has 1 amide bonds. The molecule has 0 unspecified atom stereocenters. The predicted molar refractivity (Wildman–Crippen MR) is 110 cm³/mol. The minimum absolute atomic E-state index is 0.233. The number of rotatable bonds is 7. The largest absolute Gasteiger partial charge is 0.490 e. The number of anilines is 1. The second kappa shape index (κ2) is 8.74. The summed E-state index contributed by atoms with van der Waals surface area (Å²) in [6, 6.07) is 12.7. The molecule has 1 N–H and O–H groups in total. The first-order valence-electron chi connectivity index (χ1n) is 10.3. The summed E-state index contributed by atoms with van der Waals surface area (Å²) in [6.45, 7) is 3.44. The SMILES string of the molecule is CCOCCOc1ccccc1C(=O)Nc1ccc2c(c1)OC1(CCCCC1)O2. The number of benzene rings is 2. The van der Waals surface area contributed by atoms with Crippen molar-refractivity contribution in [3.05, 3.63) is 48.0 Å². The molecular formula is C23H27NO5. The van der Waals surface area contributed by atoms with Crippen LogP contribution in [0.5, 0.6) is 17.2 Å². The summed E-state index contributed by atoms with van der Waals surface area (Å²) in [7, 11) is 0. The van der Waals surface area contributed by atoms with Crippen LogP contribution in [0.25, 0.3) is 0 Å². The van der Waals surface area contributed by atoms with E-state index >= 15 is 0 Å². The van der Waals surface area contributed by atoms with Crippen molar-refractivity contribution in [3.63, 3.8) is 0 Å². The van der Waals surface area contributed by atoms with Gasteiger partial charge in [-0.05, 0) is 44.0 Å². The van der Waals surface area contributed by atoms with Crippen molar-refractivity contribution in [3.8, 4) is 17.2 Å². The molecule has 154 valence electrons. The maximum Gasteiger partial charge on any atom is 0.259 e. The van der Waals surface area contributed by atoms with E-state index in [2.05, 4.69) is 5.32 Å². The summed E-state index contributed by atoms with van der Waals surface area (Å²) in [5.41, 5.74) is 1.14. The zero-order valence-corrected chi connectivity index (χ0v) is 16.7. The molecule has 29 heavy (non-hydrogen) atoms. The quantitative estimate of drug-likeness (QED) is 0.681. The number of fused-ring (bicyclic) bond motifs is 1. The van der Waals surface area contributed by atoms with E-state index in [9.17, 15) is 4.79 Å². The highest BCUT2D eigenvalue weighted by atomic mass is 16.7. The van der Waals surface area contributed by atoms with Gasteiger partial charge in [-0.15, -0.1) is 0 Å². The molecule has 1 fully saturated rings. The maximum atomic E-state index is 12.8. The Kier molecular flexibility index (Phi) is 5.90. The number of nitrogens with one attached hydrogen (secondary N) is 1. The molecule has 2 aliphatic rings. The van der Waals surface area contributed by atoms with Crippen LogP contribution in [0.1, 0.15) is 49.4 Å². The molecule has 1 heterocycles. The third kappa shape index (κ3) is 4.48. The second-order valence-electron chi connectivity index (χ2n) is 7.33. The Morgan fingerprint density at radius 3 is 2.66 bits per heavy atom. The fraction of sp³-hybridized carbons (Fsp3) is 0.435. The van der Waals surface area contributed by atoms with E-state index < -0.39 is 5.79 Å². The van der Waals surface area contributed by atoms with E-state index in [0.717, 1.165) is 31.4 Å². The molecule has 0 atom stereocenters. The van der Waals surface area contributed by atoms with Crippen LogP contribution in [0.4, 0.5) is 5.69 Å². The molecule has 2 aromatic carbocycles. The smallest absolute Gasteiger partial charge is 0.259 e. The molecule has 1 aliphatic carbocycles. The van der Waals surface area contributed by atoms with Crippen molar-refractivity contribution in [1.82, 2.24) is 0 Å². The van der Waals surface area contributed by atoms with Gasteiger partial charge in [0.25, 0.3) is 11.7 Å². The fourth-order valence-electron chi connectivity index (χ4n) is 3.80. The average molecular weight is 397 g/mol. The molecule has 0 bridgehead atoms. The van der Waals surface area contributed by atoms with Gasteiger partial charge in [0, 0.05) is 31.2 Å². The Bertz CT molecular complexity index is 860. The number of hydrogen-bond acceptors (Lipinski definition) is 5. The Hall–Kier alpha value is -2.73. The molecule has 1 saturated carbocycles. The Morgan fingerprint density at radius 2 is 1.83 bits per heavy atom. The molecule has 0 aromatic heterocycles. The van der Waals surface area contributed by atoms with E-state index in [1.807, 2.05) is 37.3 Å². The summed E-state index contributed by atoms with van der Waals surface area (Å²) in [5, 5.41) is 2.94. The zero-order chi connectivity index (χ0) is 20.1. The van der Waals surface area contributed by atoms with Gasteiger partial charge in [-0.2, -0.15) is 0 Å². The van der Waals surface area contributed by atoms with Crippen LogP contribution in [0.2, 0.25) is 0 Å². The van der Waals surface area contributed by atoms with E-state index in [4.69, 9.17) is 18.9 Å². The van der Waals surface area contributed by atoms with Crippen LogP contribution in [-0.2, 0) is 4.74 Å². The first-order chi connectivity index (χ1) is 14.2. The molecule has 2 aromatic rings. The third-order valence-corrected chi connectivity index (χ3v) is 5.23. The first kappa shape index (κ1) is 19.6. The number of carbonyl (C=O) groups is 1. The molecule has 6 nitrogen and oxygen atoms in total. The summed E-state index contributed by atoms with van der Waals surface area (Å²) >= 11 is 0. The van der Waals surface area contributed by atoms with Crippen LogP contribution in [0, 0.1) is 0 Å². The lowest BCUT2D eigenvalue weighted by Gasteiger charge is -2.31. The second-order valence-corrected chi connectivity index (χ2v) is 7.33. The lowest BCUT2D eigenvalue weighted by molar-refractivity contribution is -0.105. The van der Waals surface area contributed by atoms with Crippen molar-refractivity contribution in [2.24, 2.45) is 0 Å². The van der Waals surface area contributed by atoms with E-state index in [1.54, 1.807) is 12.1 Å². The minimum atomic E-state index is -0.524. The minimum Gasteiger partial charge on any atom is -0.490 e. The maximum absolute atomic E-state index is 12.8. The van der Waals surface area contributed by atoms with E-state index in [-0.39, 0.29) is 5.91 Å². The molecule has 1 aliphatic heterocycles. The molecule has 1 spiro atoms. The van der Waals surface area contributed by atoms with Gasteiger partial charge in [0.2, 0.25) is 0 Å². The summed E-state index contributed by atoms with van der Waals surface area (Å²) in [6.07, 6.45) is 5.24. The number of para-hydroxylation sites is 1. The summed E-state index contributed by atoms with van der Waals surface area (Å²) in [4.78, 5) is 12.8. The molecule has 6 heteroatoms. The topological polar surface area (TPSA) is 66.0 Å². The highest BCUT2D eigenvalue weighted by Gasteiger charge is 2.42. The van der Waals surface area contributed by atoms with Gasteiger partial charge in [0.1, 0.15) is 12.4 Å². The van der Waals surface area contributed by atoms with Crippen molar-refractivity contribution < 1.29 is 23.7 Å². The van der Waals surface area contributed by atoms with Crippen LogP contribution < -0.4 is 19.5 Å². The Labute approximate surface area is 171 Å². The lowest BCUT2D eigenvalue weighted by atomic mass is 9.94. The Balaban J connectivity index is 1.43. The first-order valence-corrected chi connectivity index (χ1v) is 10.3. The van der Waals surface area contributed by atoms with Gasteiger partial charge in [-0.1, -0.05) is 18.6 Å². The van der Waals surface area contributed by atoms with Gasteiger partial charge in [0.05, 0.1) is 12.2 Å². The van der Waals surface area contributed by atoms with Gasteiger partial charge < -0.3 is 24.3 Å². The molecule has 4 rings (SSSR count). The van der Waals surface area contributed by atoms with Crippen LogP contribution >= 0.6 is 0 Å². The predicted octanol–water partition coefficient (Wildman–Crippen LogP) is 4.79. The van der Waals surface area contributed by atoms with Gasteiger partial charge in [-0.25, -0.2) is 0 Å². The van der Waals surface area contributed by atoms with Crippen molar-refractivity contribution in [1.29, 1.82) is 0 Å². The van der Waals surface area contributed by atoms with Crippen LogP contribution in [-0.4, -0.2) is 31.5 Å². The molecular weight excluding hydrogens is 370 g/mol. The van der Waals surface area contributed by atoms with Gasteiger partial charge in [0.15, 0.2) is 11.5 Å². The normalized spacial score (nSPS) is 16.6. The summed E-state index contributed by atoms with van der Waals surface area (Å²) in [5.74, 6) is 1.20. The summed E-state index contributed by atoms with van der Waals surface area (Å²) < 4.78 is 23.3. The third-order valence-electron chi connectivity index (χ3n) is 5.23. The van der Waals surface area contributed by atoms with Crippen molar-refractivity contribution in [2.75, 3.05) is 25.1 Å². The van der Waals surface area contributed by atoms with Crippen LogP contribution in [0.15, 0.2) is 42.5 Å². The number of amides is 1. The number of hydrogen-bond donors (Lipinski definition) is 1. The zero-order valence-electron chi connectivity index (χ0n) is 16.7. The molecule has 0 radical (unpaired) electrons. The highest BCUT2D eigenvalue weighted by molar-refractivity contribution is 6.06. The number of ether oxygens (including phenoxy) is 4. The van der Waals surface area contributed by atoms with E-state index in [0.29, 0.717) is 42.6 Å². The monoisotopic (exact) mass is 397 g/mol. The van der Waals surface area contributed by atoms with E-state index in [1.165, 1.54) is 6.42 Å². The average Bonchev–Trinajstić information content (AvgIpc) is 3.08. The van der Waals surface area contributed by atoms with Crippen molar-refractivity contribution >= 4 is 11.6 Å². The standard InChI is InChI=1S/C23H27NO5/c1-2-26-14-15-27-19-9-5-4-8-18(19)22(25)24-17-10-11-20-21(16-17)29-23(28-20)12-6-3-7-13-23/h4-5,8-11,16H,2-3,6-7,12-15H2,1H3,(H,24,25). The van der Waals surface area contributed by atoms with Gasteiger partial charge >= 0.3 is 0 Å². The highest BCUT2D eigenvalue weighted by Crippen LogP contribution is 2.46. The Morgan fingerprint density at radius 1 is 1.03 bits per heavy atom. The molecule has 0 saturated heterocycles. The fourth-order valence-corrected chi connectivity index (χ4v) is 3.80. The lowest BCUT2D eigenvalue weighted by Crippen LogP contribution is -2.40. The van der Waals surface area contributed by atoms with Crippen LogP contribution in [0.3, 0.4) is 0 Å².